The van der Waals surface area contributed by atoms with E-state index in [2.05, 4.69) is 9.97 Å². The van der Waals surface area contributed by atoms with E-state index < -0.39 is 40.9 Å². The lowest BCUT2D eigenvalue weighted by atomic mass is 9.91. The average molecular weight is 337 g/mol. The van der Waals surface area contributed by atoms with Crippen molar-refractivity contribution in [1.29, 1.82) is 0 Å². The lowest BCUT2D eigenvalue weighted by Gasteiger charge is -2.38. The molecule has 22 heavy (non-hydrogen) atoms. The zero-order valence-electron chi connectivity index (χ0n) is 11.1. The number of carboxylic acids is 1. The monoisotopic (exact) mass is 336 g/mol. The number of anilines is 1. The van der Waals surface area contributed by atoms with Crippen LogP contribution in [-0.4, -0.2) is 44.5 Å². The van der Waals surface area contributed by atoms with Crippen LogP contribution in [0, 0.1) is 10.1 Å². The van der Waals surface area contributed by atoms with Crippen molar-refractivity contribution in [2.45, 2.75) is 31.2 Å². The third-order valence-corrected chi connectivity index (χ3v) is 3.57. The molecule has 0 saturated heterocycles. The van der Waals surface area contributed by atoms with E-state index in [9.17, 15) is 23.7 Å². The Labute approximate surface area is 127 Å². The van der Waals surface area contributed by atoms with Crippen molar-refractivity contribution in [3.8, 4) is 0 Å². The molecule has 0 aliphatic heterocycles. The molecule has 0 bridgehead atoms. The van der Waals surface area contributed by atoms with Crippen LogP contribution >= 0.6 is 11.6 Å². The number of halogens is 3. The van der Waals surface area contributed by atoms with Crippen molar-refractivity contribution in [2.24, 2.45) is 0 Å². The van der Waals surface area contributed by atoms with E-state index in [0.717, 1.165) is 17.5 Å². The summed E-state index contributed by atoms with van der Waals surface area (Å²) >= 11 is 5.59. The van der Waals surface area contributed by atoms with Gasteiger partial charge in [-0.1, -0.05) is 0 Å². The van der Waals surface area contributed by atoms with Crippen LogP contribution in [0.1, 0.15) is 19.3 Å². The van der Waals surface area contributed by atoms with Crippen molar-refractivity contribution in [1.82, 2.24) is 9.97 Å². The lowest BCUT2D eigenvalue weighted by Crippen LogP contribution is -2.50. The Morgan fingerprint density at radius 1 is 1.59 bits per heavy atom. The molecule has 120 valence electrons. The van der Waals surface area contributed by atoms with Crippen LogP contribution in [-0.2, 0) is 4.79 Å². The van der Waals surface area contributed by atoms with E-state index in [1.807, 2.05) is 0 Å². The van der Waals surface area contributed by atoms with E-state index in [1.165, 1.54) is 0 Å². The van der Waals surface area contributed by atoms with Crippen LogP contribution in [0.5, 0.6) is 0 Å². The second kappa shape index (κ2) is 5.95. The van der Waals surface area contributed by atoms with Crippen molar-refractivity contribution in [3.63, 3.8) is 0 Å². The number of hydrogen-bond acceptors (Lipinski definition) is 6. The molecule has 1 saturated carbocycles. The summed E-state index contributed by atoms with van der Waals surface area (Å²) in [6.45, 7) is -1.22. The van der Waals surface area contributed by atoms with E-state index in [0.29, 0.717) is 12.8 Å². The molecular formula is C11H11ClF2N4O4. The number of nitrogens with zero attached hydrogens (tertiary/aromatic N) is 4. The minimum absolute atomic E-state index is 0.344. The molecule has 1 heterocycles. The van der Waals surface area contributed by atoms with Crippen LogP contribution in [0.15, 0.2) is 6.20 Å². The first-order valence-electron chi connectivity index (χ1n) is 6.27. The molecule has 1 aliphatic carbocycles. The number of nitro groups is 1. The van der Waals surface area contributed by atoms with Crippen LogP contribution in [0.2, 0.25) is 5.28 Å². The summed E-state index contributed by atoms with van der Waals surface area (Å²) in [6.07, 6.45) is 2.59. The van der Waals surface area contributed by atoms with Crippen LogP contribution in [0.3, 0.4) is 0 Å². The minimum atomic E-state index is -4.07. The standard InChI is InChI=1S/C11H11ClF2N4O4/c12-10-15-4-7(18(21)22)8(16-10)17(6-2-1-3-6)5-11(13,14)9(19)20/h4,6H,1-3,5H2,(H,19,20). The number of carbonyl (C=O) groups is 1. The molecule has 1 fully saturated rings. The Balaban J connectivity index is 2.44. The Morgan fingerprint density at radius 3 is 2.68 bits per heavy atom. The number of carboxylic acid groups (broad SMARTS) is 1. The van der Waals surface area contributed by atoms with Crippen LogP contribution in [0.4, 0.5) is 20.3 Å². The molecule has 1 aromatic heterocycles. The van der Waals surface area contributed by atoms with E-state index >= 15 is 0 Å². The molecule has 1 aliphatic rings. The second-order valence-electron chi connectivity index (χ2n) is 4.83. The predicted molar refractivity (Wildman–Crippen MR) is 71.3 cm³/mol. The van der Waals surface area contributed by atoms with Crippen molar-refractivity contribution in [2.75, 3.05) is 11.4 Å². The summed E-state index contributed by atoms with van der Waals surface area (Å²) in [6, 6.07) is -0.449. The summed E-state index contributed by atoms with van der Waals surface area (Å²) in [5.74, 6) is -6.77. The predicted octanol–water partition coefficient (Wildman–Crippen LogP) is 2.12. The van der Waals surface area contributed by atoms with Crippen LogP contribution in [0.25, 0.3) is 0 Å². The highest BCUT2D eigenvalue weighted by molar-refractivity contribution is 6.28. The maximum absolute atomic E-state index is 13.5. The largest absolute Gasteiger partial charge is 0.477 e. The molecule has 8 nitrogen and oxygen atoms in total. The molecule has 0 spiro atoms. The van der Waals surface area contributed by atoms with E-state index in [4.69, 9.17) is 16.7 Å². The third kappa shape index (κ3) is 3.21. The number of aromatic nitrogens is 2. The topological polar surface area (TPSA) is 109 Å². The summed E-state index contributed by atoms with van der Waals surface area (Å²) in [5.41, 5.74) is -0.600. The van der Waals surface area contributed by atoms with E-state index in [1.54, 1.807) is 0 Å². The van der Waals surface area contributed by atoms with Crippen LogP contribution < -0.4 is 4.90 Å². The maximum atomic E-state index is 13.5. The number of rotatable bonds is 6. The van der Waals surface area contributed by atoms with Gasteiger partial charge in [0, 0.05) is 6.04 Å². The highest BCUT2D eigenvalue weighted by Crippen LogP contribution is 2.36. The van der Waals surface area contributed by atoms with Gasteiger partial charge in [0.05, 0.1) is 11.5 Å². The van der Waals surface area contributed by atoms with Gasteiger partial charge in [0.1, 0.15) is 6.20 Å². The Bertz CT molecular complexity index is 612. The first-order valence-corrected chi connectivity index (χ1v) is 6.65. The van der Waals surface area contributed by atoms with Gasteiger partial charge in [-0.05, 0) is 30.9 Å². The lowest BCUT2D eigenvalue weighted by molar-refractivity contribution is -0.384. The quantitative estimate of drug-likeness (QED) is 0.481. The van der Waals surface area contributed by atoms with Gasteiger partial charge < -0.3 is 10.0 Å². The average Bonchev–Trinajstić information content (AvgIpc) is 2.34. The van der Waals surface area contributed by atoms with Gasteiger partial charge in [0.2, 0.25) is 11.1 Å². The fourth-order valence-corrected chi connectivity index (χ4v) is 2.17. The highest BCUT2D eigenvalue weighted by atomic mass is 35.5. The zero-order valence-corrected chi connectivity index (χ0v) is 11.8. The van der Waals surface area contributed by atoms with E-state index in [-0.39, 0.29) is 5.28 Å². The van der Waals surface area contributed by atoms with Crippen molar-refractivity contribution in [3.05, 3.63) is 21.6 Å². The number of aliphatic carboxylic acids is 1. The Kier molecular flexibility index (Phi) is 4.40. The zero-order chi connectivity index (χ0) is 16.5. The fraction of sp³-hybridized carbons (Fsp3) is 0.545. The first-order chi connectivity index (χ1) is 10.2. The van der Waals surface area contributed by atoms with Gasteiger partial charge in [-0.2, -0.15) is 13.8 Å². The highest BCUT2D eigenvalue weighted by Gasteiger charge is 2.45. The fourth-order valence-electron chi connectivity index (χ4n) is 2.04. The number of alkyl halides is 2. The third-order valence-electron chi connectivity index (χ3n) is 3.39. The summed E-state index contributed by atoms with van der Waals surface area (Å²) in [4.78, 5) is 28.9. The van der Waals surface area contributed by atoms with Gasteiger partial charge in [-0.15, -0.1) is 0 Å². The minimum Gasteiger partial charge on any atom is -0.477 e. The maximum Gasteiger partial charge on any atom is 0.376 e. The molecule has 0 unspecified atom stereocenters. The van der Waals surface area contributed by atoms with Gasteiger partial charge in [-0.25, -0.2) is 9.78 Å². The molecule has 0 atom stereocenters. The smallest absolute Gasteiger partial charge is 0.376 e. The van der Waals surface area contributed by atoms with Crippen molar-refractivity contribution >= 4 is 29.1 Å². The molecule has 0 amide bonds. The Morgan fingerprint density at radius 2 is 2.23 bits per heavy atom. The SMILES string of the molecule is O=C(O)C(F)(F)CN(c1nc(Cl)ncc1[N+](=O)[O-])C1CCC1. The van der Waals surface area contributed by atoms with Gasteiger partial charge in [0.15, 0.2) is 0 Å². The molecule has 0 aromatic carbocycles. The molecule has 1 aromatic rings. The molecule has 2 rings (SSSR count). The molecule has 1 N–H and O–H groups in total. The summed E-state index contributed by atoms with van der Waals surface area (Å²) in [5, 5.41) is 19.2. The van der Waals surface area contributed by atoms with Gasteiger partial charge in [-0.3, -0.25) is 10.1 Å². The second-order valence-corrected chi connectivity index (χ2v) is 5.17. The van der Waals surface area contributed by atoms with Crippen molar-refractivity contribution < 1.29 is 23.6 Å². The normalized spacial score (nSPS) is 15.2. The Hall–Kier alpha value is -2.10. The number of hydrogen-bond donors (Lipinski definition) is 1. The molecule has 0 radical (unpaired) electrons. The summed E-state index contributed by atoms with van der Waals surface area (Å²) < 4.78 is 27.1. The van der Waals surface area contributed by atoms with Gasteiger partial charge in [0.25, 0.3) is 0 Å². The van der Waals surface area contributed by atoms with Gasteiger partial charge >= 0.3 is 17.6 Å². The molecule has 11 heteroatoms. The molecular weight excluding hydrogens is 326 g/mol. The first kappa shape index (κ1) is 16.3. The summed E-state index contributed by atoms with van der Waals surface area (Å²) in [7, 11) is 0.